The van der Waals surface area contributed by atoms with Crippen LogP contribution in [0.4, 0.5) is 4.79 Å². The van der Waals surface area contributed by atoms with Crippen molar-refractivity contribution in [3.05, 3.63) is 24.4 Å². The molecule has 6 nitrogen and oxygen atoms in total. The number of rotatable bonds is 5. The maximum atomic E-state index is 12.0. The molecule has 2 rings (SSSR count). The number of hydrogen-bond acceptors (Lipinski definition) is 4. The number of nitrogens with one attached hydrogen (secondary N) is 1. The van der Waals surface area contributed by atoms with Crippen LogP contribution >= 0.6 is 0 Å². The summed E-state index contributed by atoms with van der Waals surface area (Å²) in [5, 5.41) is 6.70. The van der Waals surface area contributed by atoms with Crippen molar-refractivity contribution in [3.63, 3.8) is 0 Å². The number of nitrogens with zero attached hydrogens (tertiary/aromatic N) is 3. The van der Waals surface area contributed by atoms with E-state index in [-0.39, 0.29) is 12.6 Å². The third kappa shape index (κ3) is 3.82. The molecule has 0 aromatic carbocycles. The Morgan fingerprint density at radius 2 is 2.45 bits per heavy atom. The van der Waals surface area contributed by atoms with Crippen molar-refractivity contribution in [2.75, 3.05) is 13.1 Å². The molecular weight excluding hydrogens is 256 g/mol. The van der Waals surface area contributed by atoms with Crippen molar-refractivity contribution in [1.82, 2.24) is 20.4 Å². The smallest absolute Gasteiger partial charge is 0.317 e. The van der Waals surface area contributed by atoms with Gasteiger partial charge in [0.2, 0.25) is 5.89 Å². The van der Waals surface area contributed by atoms with Gasteiger partial charge in [-0.3, -0.25) is 0 Å². The minimum absolute atomic E-state index is 0.0852. The highest BCUT2D eigenvalue weighted by atomic mass is 16.5. The highest BCUT2D eigenvalue weighted by molar-refractivity contribution is 5.74. The summed E-state index contributed by atoms with van der Waals surface area (Å²) in [5.41, 5.74) is 0. The molecule has 1 aliphatic heterocycles. The first kappa shape index (κ1) is 14.6. The fourth-order valence-electron chi connectivity index (χ4n) is 2.24. The van der Waals surface area contributed by atoms with E-state index in [9.17, 15) is 4.79 Å². The summed E-state index contributed by atoms with van der Waals surface area (Å²) in [6.45, 7) is 9.74. The van der Waals surface area contributed by atoms with Gasteiger partial charge >= 0.3 is 6.03 Å². The van der Waals surface area contributed by atoms with E-state index in [1.807, 2.05) is 6.08 Å². The number of carbonyl (C=O) groups excluding carboxylic acids is 1. The van der Waals surface area contributed by atoms with Crippen LogP contribution in [0.15, 0.2) is 17.2 Å². The summed E-state index contributed by atoms with van der Waals surface area (Å²) in [7, 11) is 0. The van der Waals surface area contributed by atoms with Gasteiger partial charge in [-0.1, -0.05) is 25.1 Å². The Bertz CT molecular complexity index is 469. The molecule has 2 heterocycles. The molecule has 0 spiro atoms. The summed E-state index contributed by atoms with van der Waals surface area (Å²) in [6.07, 6.45) is 3.67. The molecular formula is C14H22N4O2. The molecule has 0 unspecified atom stereocenters. The minimum atomic E-state index is -0.0852. The first-order chi connectivity index (χ1) is 9.58. The van der Waals surface area contributed by atoms with Gasteiger partial charge in [0.25, 0.3) is 0 Å². The number of hydrogen-bond donors (Lipinski definition) is 1. The van der Waals surface area contributed by atoms with E-state index in [2.05, 4.69) is 35.9 Å². The molecule has 2 amide bonds. The lowest BCUT2D eigenvalue weighted by Crippen LogP contribution is -2.38. The molecule has 1 aliphatic rings. The Morgan fingerprint density at radius 3 is 3.10 bits per heavy atom. The van der Waals surface area contributed by atoms with Gasteiger partial charge in [-0.05, 0) is 18.3 Å². The van der Waals surface area contributed by atoms with Gasteiger partial charge in [-0.15, -0.1) is 6.58 Å². The van der Waals surface area contributed by atoms with Gasteiger partial charge in [0.1, 0.15) is 0 Å². The number of amides is 2. The maximum Gasteiger partial charge on any atom is 0.317 e. The van der Waals surface area contributed by atoms with Crippen molar-refractivity contribution in [1.29, 1.82) is 0 Å². The van der Waals surface area contributed by atoms with Crippen molar-refractivity contribution in [3.8, 4) is 0 Å². The fraction of sp³-hybridized carbons (Fsp3) is 0.643. The molecule has 0 radical (unpaired) electrons. The third-order valence-electron chi connectivity index (χ3n) is 3.34. The van der Waals surface area contributed by atoms with Crippen LogP contribution in [0.25, 0.3) is 0 Å². The summed E-state index contributed by atoms with van der Waals surface area (Å²) < 4.78 is 5.11. The van der Waals surface area contributed by atoms with Crippen molar-refractivity contribution < 1.29 is 9.32 Å². The van der Waals surface area contributed by atoms with Crippen LogP contribution in [0.2, 0.25) is 0 Å². The average molecular weight is 278 g/mol. The van der Waals surface area contributed by atoms with E-state index >= 15 is 0 Å². The van der Waals surface area contributed by atoms with Crippen LogP contribution < -0.4 is 5.32 Å². The summed E-state index contributed by atoms with van der Waals surface area (Å²) in [6, 6.07) is -0.0852. The molecule has 1 aromatic heterocycles. The normalized spacial score (nSPS) is 18.6. The Balaban J connectivity index is 1.78. The van der Waals surface area contributed by atoms with Gasteiger partial charge in [0.05, 0.1) is 6.54 Å². The monoisotopic (exact) mass is 278 g/mol. The number of likely N-dealkylation sites (tertiary alicyclic amines) is 1. The Labute approximate surface area is 119 Å². The lowest BCUT2D eigenvalue weighted by molar-refractivity contribution is 0.205. The van der Waals surface area contributed by atoms with Gasteiger partial charge in [0.15, 0.2) is 5.82 Å². The molecule has 1 atom stereocenters. The van der Waals surface area contributed by atoms with E-state index in [0.717, 1.165) is 25.9 Å². The van der Waals surface area contributed by atoms with E-state index < -0.39 is 0 Å². The quantitative estimate of drug-likeness (QED) is 0.836. The standard InChI is InChI=1S/C14H22N4O2/c1-4-11-5-6-18(9-11)14(19)15-8-13-16-12(17-20-13)7-10(2)3/h4,10-11H,1,5-9H2,2-3H3,(H,15,19)/t11-/m1/s1. The second-order valence-electron chi connectivity index (χ2n) is 5.59. The largest absolute Gasteiger partial charge is 0.337 e. The topological polar surface area (TPSA) is 71.3 Å². The van der Waals surface area contributed by atoms with Crippen LogP contribution in [-0.4, -0.2) is 34.2 Å². The SMILES string of the molecule is C=C[C@@H]1CCN(C(=O)NCc2nc(CC(C)C)no2)C1. The molecule has 0 saturated carbocycles. The average Bonchev–Trinajstić information content (AvgIpc) is 3.04. The molecule has 20 heavy (non-hydrogen) atoms. The maximum absolute atomic E-state index is 12.0. The van der Waals surface area contributed by atoms with Crippen LogP contribution in [0.1, 0.15) is 32.0 Å². The first-order valence-corrected chi connectivity index (χ1v) is 7.05. The molecule has 1 fully saturated rings. The van der Waals surface area contributed by atoms with E-state index in [0.29, 0.717) is 23.6 Å². The molecule has 110 valence electrons. The lowest BCUT2D eigenvalue weighted by Gasteiger charge is -2.15. The highest BCUT2D eigenvalue weighted by Crippen LogP contribution is 2.16. The second-order valence-corrected chi connectivity index (χ2v) is 5.59. The zero-order valence-corrected chi connectivity index (χ0v) is 12.1. The number of aromatic nitrogens is 2. The van der Waals surface area contributed by atoms with Crippen molar-refractivity contribution in [2.45, 2.75) is 33.2 Å². The Kier molecular flexibility index (Phi) is 4.76. The molecule has 0 bridgehead atoms. The predicted octanol–water partition coefficient (Wildman–Crippen LogP) is 1.99. The molecule has 6 heteroatoms. The van der Waals surface area contributed by atoms with Crippen molar-refractivity contribution in [2.24, 2.45) is 11.8 Å². The molecule has 0 aliphatic carbocycles. The van der Waals surface area contributed by atoms with Gasteiger partial charge in [-0.25, -0.2) is 4.79 Å². The minimum Gasteiger partial charge on any atom is -0.337 e. The Hall–Kier alpha value is -1.85. The van der Waals surface area contributed by atoms with E-state index in [1.54, 1.807) is 4.90 Å². The fourth-order valence-corrected chi connectivity index (χ4v) is 2.24. The predicted molar refractivity (Wildman–Crippen MR) is 75.0 cm³/mol. The van der Waals surface area contributed by atoms with Crippen molar-refractivity contribution >= 4 is 6.03 Å². The van der Waals surface area contributed by atoms with Gasteiger partial charge in [0, 0.05) is 19.5 Å². The summed E-state index contributed by atoms with van der Waals surface area (Å²) >= 11 is 0. The zero-order valence-electron chi connectivity index (χ0n) is 12.1. The highest BCUT2D eigenvalue weighted by Gasteiger charge is 2.24. The zero-order chi connectivity index (χ0) is 14.5. The third-order valence-corrected chi connectivity index (χ3v) is 3.34. The van der Waals surface area contributed by atoms with Crippen LogP contribution in [0, 0.1) is 11.8 Å². The summed E-state index contributed by atoms with van der Waals surface area (Å²) in [4.78, 5) is 18.0. The van der Waals surface area contributed by atoms with E-state index in [4.69, 9.17) is 4.52 Å². The second kappa shape index (κ2) is 6.54. The lowest BCUT2D eigenvalue weighted by atomic mass is 10.1. The van der Waals surface area contributed by atoms with Crippen LogP contribution in [0.5, 0.6) is 0 Å². The molecule has 1 N–H and O–H groups in total. The number of carbonyl (C=O) groups is 1. The first-order valence-electron chi connectivity index (χ1n) is 7.05. The summed E-state index contributed by atoms with van der Waals surface area (Å²) in [5.74, 6) is 2.03. The van der Waals surface area contributed by atoms with Gasteiger partial charge in [-0.2, -0.15) is 4.98 Å². The van der Waals surface area contributed by atoms with Crippen LogP contribution in [-0.2, 0) is 13.0 Å². The van der Waals surface area contributed by atoms with Crippen LogP contribution in [0.3, 0.4) is 0 Å². The Morgan fingerprint density at radius 1 is 1.65 bits per heavy atom. The van der Waals surface area contributed by atoms with Gasteiger partial charge < -0.3 is 14.7 Å². The number of urea groups is 1. The molecule has 1 aromatic rings. The van der Waals surface area contributed by atoms with E-state index in [1.165, 1.54) is 0 Å². The molecule has 1 saturated heterocycles.